The van der Waals surface area contributed by atoms with E-state index in [1.165, 1.54) is 38.5 Å². The zero-order chi connectivity index (χ0) is 12.3. The van der Waals surface area contributed by atoms with E-state index in [0.717, 1.165) is 13.0 Å². The summed E-state index contributed by atoms with van der Waals surface area (Å²) in [6, 6.07) is 0.0295. The Morgan fingerprint density at radius 1 is 1.24 bits per heavy atom. The lowest BCUT2D eigenvalue weighted by atomic mass is 9.85. The van der Waals surface area contributed by atoms with Gasteiger partial charge < -0.3 is 5.32 Å². The average Bonchev–Trinajstić information content (AvgIpc) is 2.49. The monoisotopic (exact) mass is 238 g/mol. The van der Waals surface area contributed by atoms with Crippen LogP contribution in [0.15, 0.2) is 0 Å². The Labute approximate surface area is 105 Å². The number of hydrogen-bond acceptors (Lipinski definition) is 2. The molecule has 1 aliphatic heterocycles. The van der Waals surface area contributed by atoms with Gasteiger partial charge >= 0.3 is 0 Å². The van der Waals surface area contributed by atoms with Crippen LogP contribution in [0.25, 0.3) is 0 Å². The minimum atomic E-state index is 0.0295. The number of carbonyl (C=O) groups excluding carboxylic acids is 1. The van der Waals surface area contributed by atoms with E-state index >= 15 is 0 Å². The average molecular weight is 238 g/mol. The van der Waals surface area contributed by atoms with Gasteiger partial charge in [-0.05, 0) is 25.2 Å². The normalized spacial score (nSPS) is 29.1. The van der Waals surface area contributed by atoms with Crippen LogP contribution < -0.4 is 10.6 Å². The van der Waals surface area contributed by atoms with Crippen molar-refractivity contribution >= 4 is 5.91 Å². The highest BCUT2D eigenvalue weighted by Gasteiger charge is 2.39. The molecule has 3 heteroatoms. The van der Waals surface area contributed by atoms with Crippen LogP contribution in [-0.4, -0.2) is 24.0 Å². The summed E-state index contributed by atoms with van der Waals surface area (Å²) < 4.78 is 0. The number of hydrogen-bond donors (Lipinski definition) is 2. The van der Waals surface area contributed by atoms with E-state index in [1.807, 2.05) is 0 Å². The van der Waals surface area contributed by atoms with Crippen molar-refractivity contribution in [1.82, 2.24) is 10.6 Å². The third-order valence-electron chi connectivity index (χ3n) is 4.17. The maximum Gasteiger partial charge on any atom is 0.237 e. The van der Waals surface area contributed by atoms with E-state index in [1.54, 1.807) is 0 Å². The zero-order valence-corrected chi connectivity index (χ0v) is 11.2. The summed E-state index contributed by atoms with van der Waals surface area (Å²) in [5.74, 6) is 0.771. The van der Waals surface area contributed by atoms with Gasteiger partial charge in [0.2, 0.25) is 5.91 Å². The highest BCUT2D eigenvalue weighted by molar-refractivity contribution is 5.82. The molecule has 0 aromatic heterocycles. The minimum absolute atomic E-state index is 0.0295. The highest BCUT2D eigenvalue weighted by atomic mass is 16.2. The molecule has 1 aliphatic carbocycles. The lowest BCUT2D eigenvalue weighted by molar-refractivity contribution is -0.127. The molecular formula is C14H26N2O. The van der Waals surface area contributed by atoms with Crippen LogP contribution in [0.4, 0.5) is 0 Å². The Morgan fingerprint density at radius 3 is 2.47 bits per heavy atom. The first-order chi connectivity index (χ1) is 8.11. The van der Waals surface area contributed by atoms with Gasteiger partial charge in [0.15, 0.2) is 0 Å². The van der Waals surface area contributed by atoms with E-state index in [4.69, 9.17) is 0 Å². The van der Waals surface area contributed by atoms with Crippen molar-refractivity contribution in [3.8, 4) is 0 Å². The third-order valence-corrected chi connectivity index (χ3v) is 4.17. The van der Waals surface area contributed by atoms with Crippen LogP contribution in [0.5, 0.6) is 0 Å². The van der Waals surface area contributed by atoms with Gasteiger partial charge in [0, 0.05) is 12.1 Å². The molecule has 3 nitrogen and oxygen atoms in total. The second-order valence-corrected chi connectivity index (χ2v) is 6.24. The van der Waals surface area contributed by atoms with Crippen LogP contribution in [-0.2, 0) is 4.79 Å². The maximum atomic E-state index is 11.9. The summed E-state index contributed by atoms with van der Waals surface area (Å²) in [6.45, 7) is 5.20. The van der Waals surface area contributed by atoms with Gasteiger partial charge in [0.25, 0.3) is 0 Å². The summed E-state index contributed by atoms with van der Waals surface area (Å²) >= 11 is 0. The Hall–Kier alpha value is -0.570. The van der Waals surface area contributed by atoms with Gasteiger partial charge in [-0.2, -0.15) is 0 Å². The van der Waals surface area contributed by atoms with Gasteiger partial charge in [-0.25, -0.2) is 0 Å². The molecule has 1 saturated carbocycles. The quantitative estimate of drug-likeness (QED) is 0.774. The molecule has 1 spiro atoms. The van der Waals surface area contributed by atoms with Crippen molar-refractivity contribution in [2.75, 3.05) is 6.54 Å². The van der Waals surface area contributed by atoms with Crippen molar-refractivity contribution in [3.63, 3.8) is 0 Å². The largest absolute Gasteiger partial charge is 0.353 e. The predicted octanol–water partition coefficient (Wildman–Crippen LogP) is 2.21. The molecule has 1 atom stereocenters. The van der Waals surface area contributed by atoms with Crippen molar-refractivity contribution < 1.29 is 4.79 Å². The number of nitrogens with one attached hydrogen (secondary N) is 2. The van der Waals surface area contributed by atoms with E-state index in [0.29, 0.717) is 5.92 Å². The second-order valence-electron chi connectivity index (χ2n) is 6.24. The summed E-state index contributed by atoms with van der Waals surface area (Å²) in [4.78, 5) is 11.9. The number of piperazine rings is 1. The second kappa shape index (κ2) is 5.38. The molecule has 2 N–H and O–H groups in total. The smallest absolute Gasteiger partial charge is 0.237 e. The topological polar surface area (TPSA) is 41.1 Å². The van der Waals surface area contributed by atoms with Crippen LogP contribution in [0.1, 0.15) is 58.8 Å². The van der Waals surface area contributed by atoms with Gasteiger partial charge in [-0.3, -0.25) is 10.1 Å². The minimum Gasteiger partial charge on any atom is -0.353 e. The molecule has 2 aliphatic rings. The van der Waals surface area contributed by atoms with Crippen molar-refractivity contribution in [2.24, 2.45) is 5.92 Å². The first kappa shape index (κ1) is 12.9. The molecule has 0 aromatic rings. The molecule has 2 fully saturated rings. The number of carbonyl (C=O) groups is 1. The SMILES string of the molecule is CC(C)C[C@H]1NC2(CCCCCC2)CNC1=O. The molecule has 1 saturated heterocycles. The number of rotatable bonds is 2. The van der Waals surface area contributed by atoms with Gasteiger partial charge in [-0.1, -0.05) is 39.5 Å². The highest BCUT2D eigenvalue weighted by Crippen LogP contribution is 2.29. The maximum absolute atomic E-state index is 11.9. The van der Waals surface area contributed by atoms with Crippen LogP contribution in [0, 0.1) is 5.92 Å². The lowest BCUT2D eigenvalue weighted by Crippen LogP contribution is -2.66. The van der Waals surface area contributed by atoms with Crippen molar-refractivity contribution in [3.05, 3.63) is 0 Å². The molecule has 0 radical (unpaired) electrons. The van der Waals surface area contributed by atoms with Crippen molar-refractivity contribution in [2.45, 2.75) is 70.4 Å². The molecule has 0 bridgehead atoms. The summed E-state index contributed by atoms with van der Waals surface area (Å²) in [6.07, 6.45) is 8.71. The molecule has 1 amide bonds. The fourth-order valence-corrected chi connectivity index (χ4v) is 3.23. The molecule has 2 rings (SSSR count). The molecular weight excluding hydrogens is 212 g/mol. The molecule has 1 heterocycles. The fourth-order valence-electron chi connectivity index (χ4n) is 3.23. The summed E-state index contributed by atoms with van der Waals surface area (Å²) in [5, 5.41) is 6.80. The van der Waals surface area contributed by atoms with Gasteiger partial charge in [0.1, 0.15) is 0 Å². The Kier molecular flexibility index (Phi) is 4.08. The molecule has 0 aromatic carbocycles. The molecule has 0 unspecified atom stereocenters. The summed E-state index contributed by atoms with van der Waals surface area (Å²) in [7, 11) is 0. The van der Waals surface area contributed by atoms with Crippen LogP contribution in [0.2, 0.25) is 0 Å². The lowest BCUT2D eigenvalue weighted by Gasteiger charge is -2.42. The predicted molar refractivity (Wildman–Crippen MR) is 69.8 cm³/mol. The summed E-state index contributed by atoms with van der Waals surface area (Å²) in [5.41, 5.74) is 0.198. The zero-order valence-electron chi connectivity index (χ0n) is 11.2. The Balaban J connectivity index is 2.02. The van der Waals surface area contributed by atoms with Gasteiger partial charge in [-0.15, -0.1) is 0 Å². The van der Waals surface area contributed by atoms with Crippen LogP contribution >= 0.6 is 0 Å². The number of amides is 1. The van der Waals surface area contributed by atoms with E-state index in [2.05, 4.69) is 24.5 Å². The van der Waals surface area contributed by atoms with Crippen molar-refractivity contribution in [1.29, 1.82) is 0 Å². The molecule has 98 valence electrons. The van der Waals surface area contributed by atoms with E-state index in [9.17, 15) is 4.79 Å². The van der Waals surface area contributed by atoms with E-state index in [-0.39, 0.29) is 17.5 Å². The fraction of sp³-hybridized carbons (Fsp3) is 0.929. The van der Waals surface area contributed by atoms with Crippen LogP contribution in [0.3, 0.4) is 0 Å². The van der Waals surface area contributed by atoms with Gasteiger partial charge in [0.05, 0.1) is 6.04 Å². The Bertz CT molecular complexity index is 267. The van der Waals surface area contributed by atoms with E-state index < -0.39 is 0 Å². The molecule has 17 heavy (non-hydrogen) atoms. The first-order valence-corrected chi connectivity index (χ1v) is 7.17. The standard InChI is InChI=1S/C14H26N2O/c1-11(2)9-12-13(17)15-10-14(16-12)7-5-3-4-6-8-14/h11-12,16H,3-10H2,1-2H3,(H,15,17)/t12-/m1/s1. The third kappa shape index (κ3) is 3.21. The Morgan fingerprint density at radius 2 is 1.88 bits per heavy atom. The first-order valence-electron chi connectivity index (χ1n) is 7.17.